The van der Waals surface area contributed by atoms with Crippen LogP contribution in [0.4, 0.5) is 0 Å². The van der Waals surface area contributed by atoms with Crippen LogP contribution in [0, 0.1) is 5.92 Å². The highest BCUT2D eigenvalue weighted by molar-refractivity contribution is 5.70. The quantitative estimate of drug-likeness (QED) is 0.102. The zero-order valence-corrected chi connectivity index (χ0v) is 26.2. The van der Waals surface area contributed by atoms with E-state index in [0.29, 0.717) is 39.2 Å². The molecule has 238 valence electrons. The number of aliphatic carboxylic acids is 1. The summed E-state index contributed by atoms with van der Waals surface area (Å²) in [5, 5.41) is 12.9. The van der Waals surface area contributed by atoms with Crippen molar-refractivity contribution in [3.05, 3.63) is 144 Å². The van der Waals surface area contributed by atoms with Crippen molar-refractivity contribution in [2.24, 2.45) is 5.92 Å². The molecule has 8 nitrogen and oxygen atoms in total. The van der Waals surface area contributed by atoms with Gasteiger partial charge in [-0.1, -0.05) is 128 Å². The second kappa shape index (κ2) is 20.6. The van der Waals surface area contributed by atoms with E-state index in [4.69, 9.17) is 14.8 Å². The molecule has 0 bridgehead atoms. The third kappa shape index (κ3) is 14.3. The van der Waals surface area contributed by atoms with Crippen LogP contribution in [-0.4, -0.2) is 47.5 Å². The molecule has 0 saturated carbocycles. The van der Waals surface area contributed by atoms with Crippen LogP contribution >= 0.6 is 0 Å². The van der Waals surface area contributed by atoms with Gasteiger partial charge in [0, 0.05) is 26.2 Å². The lowest BCUT2D eigenvalue weighted by molar-refractivity contribution is -0.190. The third-order valence-electron chi connectivity index (χ3n) is 6.92. The molecule has 0 saturated heterocycles. The van der Waals surface area contributed by atoms with E-state index >= 15 is 0 Å². The lowest BCUT2D eigenvalue weighted by Gasteiger charge is -2.23. The summed E-state index contributed by atoms with van der Waals surface area (Å²) in [6, 6.07) is 40.3. The molecule has 4 rings (SSSR count). The number of methoxy groups -OCH3 is 1. The van der Waals surface area contributed by atoms with Crippen LogP contribution in [0.3, 0.4) is 0 Å². The molecule has 0 aliphatic rings. The molecule has 1 N–H and O–H groups in total. The minimum atomic E-state index is -0.813. The highest BCUT2D eigenvalue weighted by atomic mass is 16.7. The van der Waals surface area contributed by atoms with Crippen LogP contribution < -0.4 is 0 Å². The van der Waals surface area contributed by atoms with E-state index in [1.54, 1.807) is 0 Å². The van der Waals surface area contributed by atoms with Crippen molar-refractivity contribution in [1.82, 2.24) is 10.1 Å². The molecule has 0 amide bonds. The summed E-state index contributed by atoms with van der Waals surface area (Å²) in [6.45, 7) is 4.92. The van der Waals surface area contributed by atoms with E-state index in [1.165, 1.54) is 7.11 Å². The Kier molecular flexibility index (Phi) is 16.1. The van der Waals surface area contributed by atoms with E-state index < -0.39 is 11.9 Å². The summed E-state index contributed by atoms with van der Waals surface area (Å²) >= 11 is 0. The summed E-state index contributed by atoms with van der Waals surface area (Å²) in [7, 11) is 1.38. The van der Waals surface area contributed by atoms with Gasteiger partial charge in [0.2, 0.25) is 0 Å². The number of nitrogens with zero attached hydrogens (tertiary/aromatic N) is 2. The second-order valence-corrected chi connectivity index (χ2v) is 10.4. The van der Waals surface area contributed by atoms with Crippen molar-refractivity contribution in [1.29, 1.82) is 0 Å². The highest BCUT2D eigenvalue weighted by Crippen LogP contribution is 2.14. The number of esters is 1. The fourth-order valence-electron chi connectivity index (χ4n) is 4.36. The Labute approximate surface area is 266 Å². The van der Waals surface area contributed by atoms with Gasteiger partial charge in [0.15, 0.2) is 0 Å². The number of benzene rings is 4. The SMILES string of the molecule is CCC(CON(Cc1ccccc1)Cc1ccccc1)C(=O)O.COC(=O)CCON(Cc1ccccc1)Cc1ccccc1. The van der Waals surface area contributed by atoms with Gasteiger partial charge in [0.05, 0.1) is 32.7 Å². The van der Waals surface area contributed by atoms with Gasteiger partial charge >= 0.3 is 11.9 Å². The molecule has 0 heterocycles. The number of ether oxygens (including phenoxy) is 1. The molecule has 0 radical (unpaired) electrons. The summed E-state index contributed by atoms with van der Waals surface area (Å²) in [4.78, 5) is 33.9. The number of hydrogen-bond acceptors (Lipinski definition) is 7. The monoisotopic (exact) mass is 612 g/mol. The first-order valence-corrected chi connectivity index (χ1v) is 15.2. The maximum atomic E-state index is 11.2. The Morgan fingerprint density at radius 1 is 0.622 bits per heavy atom. The van der Waals surface area contributed by atoms with Gasteiger partial charge in [0.25, 0.3) is 0 Å². The molecular weight excluding hydrogens is 568 g/mol. The van der Waals surface area contributed by atoms with Gasteiger partial charge in [-0.2, -0.15) is 10.1 Å². The molecular formula is C37H44N2O6. The van der Waals surface area contributed by atoms with Gasteiger partial charge in [0.1, 0.15) is 0 Å². The fraction of sp³-hybridized carbons (Fsp3) is 0.297. The smallest absolute Gasteiger partial charge is 0.308 e. The molecule has 4 aromatic rings. The minimum absolute atomic E-state index is 0.186. The fourth-order valence-corrected chi connectivity index (χ4v) is 4.36. The third-order valence-corrected chi connectivity index (χ3v) is 6.92. The predicted molar refractivity (Wildman–Crippen MR) is 174 cm³/mol. The van der Waals surface area contributed by atoms with Crippen molar-refractivity contribution in [2.45, 2.75) is 45.9 Å². The van der Waals surface area contributed by atoms with Gasteiger partial charge in [-0.05, 0) is 28.7 Å². The van der Waals surface area contributed by atoms with E-state index in [-0.39, 0.29) is 19.0 Å². The van der Waals surface area contributed by atoms with Crippen molar-refractivity contribution < 1.29 is 29.1 Å². The number of rotatable bonds is 17. The average molecular weight is 613 g/mol. The molecule has 0 aliphatic heterocycles. The molecule has 8 heteroatoms. The first-order chi connectivity index (χ1) is 22.0. The van der Waals surface area contributed by atoms with E-state index in [0.717, 1.165) is 22.3 Å². The summed E-state index contributed by atoms with van der Waals surface area (Å²) in [5.74, 6) is -1.56. The van der Waals surface area contributed by atoms with Crippen LogP contribution in [0.2, 0.25) is 0 Å². The molecule has 45 heavy (non-hydrogen) atoms. The average Bonchev–Trinajstić information content (AvgIpc) is 3.07. The maximum absolute atomic E-state index is 11.2. The van der Waals surface area contributed by atoms with Gasteiger partial charge in [-0.3, -0.25) is 19.3 Å². The van der Waals surface area contributed by atoms with Crippen LogP contribution in [-0.2, 0) is 50.2 Å². The Balaban J connectivity index is 0.000000246. The van der Waals surface area contributed by atoms with E-state index in [1.807, 2.05) is 114 Å². The zero-order chi connectivity index (χ0) is 32.1. The minimum Gasteiger partial charge on any atom is -0.481 e. The summed E-state index contributed by atoms with van der Waals surface area (Å²) in [5.41, 5.74) is 4.59. The Hall–Kier alpha value is -4.34. The molecule has 0 fully saturated rings. The van der Waals surface area contributed by atoms with Crippen molar-refractivity contribution in [3.63, 3.8) is 0 Å². The van der Waals surface area contributed by atoms with Crippen molar-refractivity contribution in [2.75, 3.05) is 20.3 Å². The number of carbonyl (C=O) groups excluding carboxylic acids is 1. The lowest BCUT2D eigenvalue weighted by atomic mass is 10.1. The molecule has 1 unspecified atom stereocenters. The van der Waals surface area contributed by atoms with Crippen LogP contribution in [0.1, 0.15) is 42.0 Å². The first kappa shape index (κ1) is 35.1. The predicted octanol–water partition coefficient (Wildman–Crippen LogP) is 6.91. The van der Waals surface area contributed by atoms with Gasteiger partial charge in [-0.25, -0.2) is 0 Å². The molecule has 1 atom stereocenters. The normalized spacial score (nSPS) is 11.5. The second-order valence-electron chi connectivity index (χ2n) is 10.4. The Morgan fingerprint density at radius 3 is 1.29 bits per heavy atom. The molecule has 0 aliphatic carbocycles. The first-order valence-electron chi connectivity index (χ1n) is 15.2. The van der Waals surface area contributed by atoms with Gasteiger partial charge in [-0.15, -0.1) is 0 Å². The van der Waals surface area contributed by atoms with Crippen LogP contribution in [0.5, 0.6) is 0 Å². The number of carboxylic acids is 1. The number of carbonyl (C=O) groups is 2. The number of hydroxylamine groups is 4. The molecule has 0 aromatic heterocycles. The molecule has 0 spiro atoms. The Bertz CT molecular complexity index is 1270. The largest absolute Gasteiger partial charge is 0.481 e. The van der Waals surface area contributed by atoms with E-state index in [9.17, 15) is 9.59 Å². The van der Waals surface area contributed by atoms with Crippen molar-refractivity contribution in [3.8, 4) is 0 Å². The topological polar surface area (TPSA) is 88.5 Å². The molecule has 4 aromatic carbocycles. The van der Waals surface area contributed by atoms with E-state index in [2.05, 4.69) is 29.0 Å². The number of carboxylic acid groups (broad SMARTS) is 1. The van der Waals surface area contributed by atoms with Crippen LogP contribution in [0.25, 0.3) is 0 Å². The standard InChI is InChI=1S/C19H23NO3.C18H21NO3/c1-2-18(19(21)22)15-23-20(13-16-9-5-3-6-10-16)14-17-11-7-4-8-12-17;1-21-18(20)12-13-22-19(14-16-8-4-2-5-9-16)15-17-10-6-3-7-11-17/h3-12,18H,2,13-15H2,1H3,(H,21,22);2-11H,12-15H2,1H3. The van der Waals surface area contributed by atoms with Crippen molar-refractivity contribution >= 4 is 11.9 Å². The Morgan fingerprint density at radius 2 is 0.978 bits per heavy atom. The summed E-state index contributed by atoms with van der Waals surface area (Å²) in [6.07, 6.45) is 0.802. The maximum Gasteiger partial charge on any atom is 0.308 e. The number of hydrogen-bond donors (Lipinski definition) is 1. The zero-order valence-electron chi connectivity index (χ0n) is 26.2. The summed E-state index contributed by atoms with van der Waals surface area (Å²) < 4.78 is 4.63. The highest BCUT2D eigenvalue weighted by Gasteiger charge is 2.18. The van der Waals surface area contributed by atoms with Crippen LogP contribution in [0.15, 0.2) is 121 Å². The lowest BCUT2D eigenvalue weighted by Crippen LogP contribution is -2.28. The van der Waals surface area contributed by atoms with Gasteiger partial charge < -0.3 is 9.84 Å².